The summed E-state index contributed by atoms with van der Waals surface area (Å²) in [5.41, 5.74) is 1.76. The second-order valence-electron chi connectivity index (χ2n) is 2.92. The highest BCUT2D eigenvalue weighted by molar-refractivity contribution is 5.87. The molecule has 0 radical (unpaired) electrons. The SMILES string of the molecule is N=CN(c1ccncc1)c1cccnc1. The number of aromatic nitrogens is 2. The molecule has 0 saturated carbocycles. The van der Waals surface area contributed by atoms with Crippen LogP contribution in [0.25, 0.3) is 0 Å². The fourth-order valence-corrected chi connectivity index (χ4v) is 1.30. The van der Waals surface area contributed by atoms with E-state index in [0.717, 1.165) is 11.4 Å². The topological polar surface area (TPSA) is 52.9 Å². The Kier molecular flexibility index (Phi) is 2.69. The monoisotopic (exact) mass is 198 g/mol. The number of hydrogen-bond acceptors (Lipinski definition) is 3. The molecule has 2 aromatic rings. The van der Waals surface area contributed by atoms with Gasteiger partial charge in [-0.2, -0.15) is 0 Å². The predicted octanol–water partition coefficient (Wildman–Crippen LogP) is 2.22. The van der Waals surface area contributed by atoms with E-state index in [1.807, 2.05) is 24.3 Å². The smallest absolute Gasteiger partial charge is 0.0908 e. The number of pyridine rings is 2. The summed E-state index contributed by atoms with van der Waals surface area (Å²) >= 11 is 0. The molecule has 0 spiro atoms. The molecule has 0 aliphatic heterocycles. The van der Waals surface area contributed by atoms with E-state index in [0.29, 0.717) is 0 Å². The summed E-state index contributed by atoms with van der Waals surface area (Å²) in [6.07, 6.45) is 8.07. The molecule has 0 aliphatic carbocycles. The van der Waals surface area contributed by atoms with E-state index in [2.05, 4.69) is 9.97 Å². The molecule has 0 unspecified atom stereocenters. The Morgan fingerprint density at radius 1 is 1.00 bits per heavy atom. The van der Waals surface area contributed by atoms with Gasteiger partial charge in [0.15, 0.2) is 0 Å². The van der Waals surface area contributed by atoms with Gasteiger partial charge in [0.05, 0.1) is 23.9 Å². The van der Waals surface area contributed by atoms with E-state index < -0.39 is 0 Å². The number of anilines is 2. The first-order chi connectivity index (χ1) is 7.42. The van der Waals surface area contributed by atoms with Crippen LogP contribution in [-0.4, -0.2) is 16.3 Å². The van der Waals surface area contributed by atoms with Crippen LogP contribution < -0.4 is 4.90 Å². The third-order valence-electron chi connectivity index (χ3n) is 1.99. The van der Waals surface area contributed by atoms with Crippen LogP contribution >= 0.6 is 0 Å². The fraction of sp³-hybridized carbons (Fsp3) is 0. The van der Waals surface area contributed by atoms with Crippen molar-refractivity contribution in [2.24, 2.45) is 0 Å². The molecule has 0 bridgehead atoms. The molecule has 74 valence electrons. The van der Waals surface area contributed by atoms with Crippen molar-refractivity contribution in [1.82, 2.24) is 9.97 Å². The lowest BCUT2D eigenvalue weighted by Crippen LogP contribution is -2.13. The Morgan fingerprint density at radius 2 is 1.80 bits per heavy atom. The van der Waals surface area contributed by atoms with Crippen LogP contribution in [0, 0.1) is 5.41 Å². The third-order valence-corrected chi connectivity index (χ3v) is 1.99. The summed E-state index contributed by atoms with van der Waals surface area (Å²) in [5.74, 6) is 0. The lowest BCUT2D eigenvalue weighted by molar-refractivity contribution is 1.24. The van der Waals surface area contributed by atoms with Crippen molar-refractivity contribution in [1.29, 1.82) is 5.41 Å². The molecule has 0 fully saturated rings. The Labute approximate surface area is 87.7 Å². The molecule has 15 heavy (non-hydrogen) atoms. The second kappa shape index (κ2) is 4.32. The lowest BCUT2D eigenvalue weighted by Gasteiger charge is -2.17. The average Bonchev–Trinajstić information content (AvgIpc) is 2.33. The van der Waals surface area contributed by atoms with Gasteiger partial charge in [0.25, 0.3) is 0 Å². The van der Waals surface area contributed by atoms with Gasteiger partial charge >= 0.3 is 0 Å². The highest BCUT2D eigenvalue weighted by Gasteiger charge is 2.04. The van der Waals surface area contributed by atoms with E-state index >= 15 is 0 Å². The fourth-order valence-electron chi connectivity index (χ4n) is 1.30. The maximum Gasteiger partial charge on any atom is 0.0908 e. The highest BCUT2D eigenvalue weighted by atomic mass is 15.1. The van der Waals surface area contributed by atoms with Crippen LogP contribution in [0.5, 0.6) is 0 Å². The van der Waals surface area contributed by atoms with Crippen molar-refractivity contribution >= 4 is 17.7 Å². The van der Waals surface area contributed by atoms with Gasteiger partial charge in [-0.15, -0.1) is 0 Å². The van der Waals surface area contributed by atoms with Crippen LogP contribution in [0.15, 0.2) is 49.1 Å². The van der Waals surface area contributed by atoms with Crippen LogP contribution in [0.3, 0.4) is 0 Å². The molecule has 2 aromatic heterocycles. The largest absolute Gasteiger partial charge is 0.300 e. The van der Waals surface area contributed by atoms with Crippen molar-refractivity contribution in [3.05, 3.63) is 49.1 Å². The molecular weight excluding hydrogens is 188 g/mol. The van der Waals surface area contributed by atoms with E-state index in [4.69, 9.17) is 5.41 Å². The maximum atomic E-state index is 7.39. The normalized spacial score (nSPS) is 9.60. The Morgan fingerprint density at radius 3 is 2.40 bits per heavy atom. The average molecular weight is 198 g/mol. The number of rotatable bonds is 3. The first kappa shape index (κ1) is 9.33. The third kappa shape index (κ3) is 1.99. The molecule has 4 nitrogen and oxygen atoms in total. The Hall–Kier alpha value is -2.23. The Balaban J connectivity index is 2.38. The predicted molar refractivity (Wildman–Crippen MR) is 59.4 cm³/mol. The lowest BCUT2D eigenvalue weighted by atomic mass is 10.3. The molecule has 0 aliphatic rings. The van der Waals surface area contributed by atoms with Gasteiger partial charge in [0.2, 0.25) is 0 Å². The number of hydrogen-bond donors (Lipinski definition) is 1. The number of nitrogens with zero attached hydrogens (tertiary/aromatic N) is 3. The summed E-state index contributed by atoms with van der Waals surface area (Å²) in [5, 5.41) is 7.39. The van der Waals surface area contributed by atoms with Gasteiger partial charge in [-0.05, 0) is 24.3 Å². The van der Waals surface area contributed by atoms with Crippen molar-refractivity contribution in [3.8, 4) is 0 Å². The van der Waals surface area contributed by atoms with Crippen molar-refractivity contribution in [2.45, 2.75) is 0 Å². The van der Waals surface area contributed by atoms with Gasteiger partial charge < -0.3 is 0 Å². The zero-order valence-electron chi connectivity index (χ0n) is 8.04. The van der Waals surface area contributed by atoms with Gasteiger partial charge in [-0.1, -0.05) is 0 Å². The Bertz CT molecular complexity index is 387. The van der Waals surface area contributed by atoms with Gasteiger partial charge in [-0.3, -0.25) is 20.3 Å². The van der Waals surface area contributed by atoms with Gasteiger partial charge in [0.1, 0.15) is 0 Å². The molecule has 2 rings (SSSR count). The molecule has 0 atom stereocenters. The van der Waals surface area contributed by atoms with E-state index in [-0.39, 0.29) is 0 Å². The first-order valence-electron chi connectivity index (χ1n) is 4.51. The van der Waals surface area contributed by atoms with E-state index in [1.54, 1.807) is 29.7 Å². The van der Waals surface area contributed by atoms with E-state index in [1.165, 1.54) is 6.34 Å². The van der Waals surface area contributed by atoms with Crippen molar-refractivity contribution in [3.63, 3.8) is 0 Å². The summed E-state index contributed by atoms with van der Waals surface area (Å²) in [6.45, 7) is 0. The summed E-state index contributed by atoms with van der Waals surface area (Å²) in [4.78, 5) is 9.69. The minimum Gasteiger partial charge on any atom is -0.300 e. The maximum absolute atomic E-state index is 7.39. The minimum atomic E-state index is 0.860. The quantitative estimate of drug-likeness (QED) is 0.607. The van der Waals surface area contributed by atoms with Gasteiger partial charge in [-0.25, -0.2) is 0 Å². The van der Waals surface area contributed by atoms with Crippen LogP contribution in [0.2, 0.25) is 0 Å². The van der Waals surface area contributed by atoms with Crippen LogP contribution in [-0.2, 0) is 0 Å². The standard InChI is InChI=1S/C11H10N4/c12-9-15(10-3-6-13-7-4-10)11-2-1-5-14-8-11/h1-9,12H. The molecule has 1 N–H and O–H groups in total. The molecular formula is C11H10N4. The van der Waals surface area contributed by atoms with E-state index in [9.17, 15) is 0 Å². The first-order valence-corrected chi connectivity index (χ1v) is 4.51. The molecule has 2 heterocycles. The molecule has 4 heteroatoms. The second-order valence-corrected chi connectivity index (χ2v) is 2.92. The summed E-state index contributed by atoms with van der Waals surface area (Å²) in [7, 11) is 0. The number of nitrogens with one attached hydrogen (secondary N) is 1. The minimum absolute atomic E-state index is 0.860. The van der Waals surface area contributed by atoms with Crippen molar-refractivity contribution < 1.29 is 0 Å². The summed E-state index contributed by atoms with van der Waals surface area (Å²) < 4.78 is 0. The summed E-state index contributed by atoms with van der Waals surface area (Å²) in [6, 6.07) is 7.43. The molecule has 0 amide bonds. The molecule has 0 saturated heterocycles. The van der Waals surface area contributed by atoms with Crippen molar-refractivity contribution in [2.75, 3.05) is 4.90 Å². The zero-order valence-corrected chi connectivity index (χ0v) is 8.04. The zero-order chi connectivity index (χ0) is 10.5. The van der Waals surface area contributed by atoms with Gasteiger partial charge in [0, 0.05) is 18.6 Å². The highest BCUT2D eigenvalue weighted by Crippen LogP contribution is 2.21. The molecule has 0 aromatic carbocycles. The van der Waals surface area contributed by atoms with Crippen LogP contribution in [0.4, 0.5) is 11.4 Å². The van der Waals surface area contributed by atoms with Crippen LogP contribution in [0.1, 0.15) is 0 Å².